The number of thioether (sulfide) groups is 1. The molecule has 2 N–H and O–H groups in total. The largest absolute Gasteiger partial charge is 0.494 e. The topological polar surface area (TPSA) is 58.6 Å². The van der Waals surface area contributed by atoms with Gasteiger partial charge in [-0.3, -0.25) is 4.79 Å². The van der Waals surface area contributed by atoms with Crippen LogP contribution in [-0.4, -0.2) is 36.0 Å². The Morgan fingerprint density at radius 3 is 2.67 bits per heavy atom. The van der Waals surface area contributed by atoms with Gasteiger partial charge in [-0.1, -0.05) is 0 Å². The molecule has 1 aromatic carbocycles. The van der Waals surface area contributed by atoms with Crippen LogP contribution in [-0.2, 0) is 4.79 Å². The molecular weight excluding hydrogens is 250 g/mol. The highest BCUT2D eigenvalue weighted by molar-refractivity contribution is 8.00. The van der Waals surface area contributed by atoms with Crippen molar-refractivity contribution in [3.05, 3.63) is 24.3 Å². The van der Waals surface area contributed by atoms with E-state index in [0.29, 0.717) is 18.9 Å². The van der Waals surface area contributed by atoms with Gasteiger partial charge in [0.15, 0.2) is 0 Å². The summed E-state index contributed by atoms with van der Waals surface area (Å²) in [6.07, 6.45) is -0.510. The predicted octanol–water partition coefficient (Wildman–Crippen LogP) is 1.67. The number of hydrogen-bond acceptors (Lipinski definition) is 4. The van der Waals surface area contributed by atoms with Crippen LogP contribution in [0.25, 0.3) is 0 Å². The molecule has 0 bridgehead atoms. The van der Waals surface area contributed by atoms with Gasteiger partial charge in [0, 0.05) is 11.4 Å². The molecule has 1 atom stereocenters. The second-order valence-corrected chi connectivity index (χ2v) is 4.89. The van der Waals surface area contributed by atoms with Crippen molar-refractivity contribution in [1.29, 1.82) is 0 Å². The Morgan fingerprint density at radius 2 is 2.11 bits per heavy atom. The van der Waals surface area contributed by atoms with Crippen LogP contribution < -0.4 is 10.1 Å². The maximum absolute atomic E-state index is 11.4. The van der Waals surface area contributed by atoms with Crippen molar-refractivity contribution in [2.45, 2.75) is 24.8 Å². The number of ether oxygens (including phenoxy) is 1. The van der Waals surface area contributed by atoms with Gasteiger partial charge >= 0.3 is 0 Å². The molecule has 1 rings (SSSR count). The zero-order valence-electron chi connectivity index (χ0n) is 10.7. The van der Waals surface area contributed by atoms with Gasteiger partial charge in [-0.2, -0.15) is 0 Å². The second kappa shape index (κ2) is 8.00. The van der Waals surface area contributed by atoms with E-state index >= 15 is 0 Å². The summed E-state index contributed by atoms with van der Waals surface area (Å²) in [6, 6.07) is 7.63. The zero-order valence-corrected chi connectivity index (χ0v) is 11.5. The standard InChI is InChI=1S/C13H19NO3S/c1-3-17-11-4-6-12(7-5-11)18-9-13(16)14-8-10(2)15/h4-7,10,15H,3,8-9H2,1-2H3,(H,14,16)/t10-/m1/s1. The fourth-order valence-corrected chi connectivity index (χ4v) is 1.99. The maximum Gasteiger partial charge on any atom is 0.230 e. The average Bonchev–Trinajstić information content (AvgIpc) is 2.36. The Kier molecular flexibility index (Phi) is 6.60. The normalized spacial score (nSPS) is 11.9. The average molecular weight is 269 g/mol. The van der Waals surface area contributed by atoms with E-state index in [1.807, 2.05) is 31.2 Å². The lowest BCUT2D eigenvalue weighted by Gasteiger charge is -2.07. The molecule has 0 aromatic heterocycles. The molecule has 0 saturated carbocycles. The van der Waals surface area contributed by atoms with E-state index in [4.69, 9.17) is 9.84 Å². The van der Waals surface area contributed by atoms with Crippen LogP contribution in [0.3, 0.4) is 0 Å². The molecule has 100 valence electrons. The Balaban J connectivity index is 2.32. The first kappa shape index (κ1) is 14.9. The van der Waals surface area contributed by atoms with E-state index in [1.54, 1.807) is 6.92 Å². The lowest BCUT2D eigenvalue weighted by Crippen LogP contribution is -2.31. The van der Waals surface area contributed by atoms with E-state index in [9.17, 15) is 4.79 Å². The Bertz CT molecular complexity index is 365. The number of carbonyl (C=O) groups is 1. The molecule has 4 nitrogen and oxygen atoms in total. The number of aliphatic hydroxyl groups is 1. The lowest BCUT2D eigenvalue weighted by molar-refractivity contribution is -0.118. The van der Waals surface area contributed by atoms with Gasteiger partial charge in [-0.25, -0.2) is 0 Å². The van der Waals surface area contributed by atoms with Crippen LogP contribution in [0.5, 0.6) is 5.75 Å². The summed E-state index contributed by atoms with van der Waals surface area (Å²) in [6.45, 7) is 4.52. The number of benzene rings is 1. The second-order valence-electron chi connectivity index (χ2n) is 3.85. The molecule has 1 aromatic rings. The molecule has 0 saturated heterocycles. The van der Waals surface area contributed by atoms with Crippen molar-refractivity contribution < 1.29 is 14.6 Å². The predicted molar refractivity (Wildman–Crippen MR) is 73.0 cm³/mol. The number of hydrogen-bond donors (Lipinski definition) is 2. The van der Waals surface area contributed by atoms with Crippen LogP contribution in [0, 0.1) is 0 Å². The zero-order chi connectivity index (χ0) is 13.4. The lowest BCUT2D eigenvalue weighted by atomic mass is 10.3. The minimum atomic E-state index is -0.510. The number of rotatable bonds is 7. The molecule has 0 aliphatic rings. The first-order valence-corrected chi connectivity index (χ1v) is 6.90. The molecule has 0 aliphatic heterocycles. The molecule has 0 aliphatic carbocycles. The van der Waals surface area contributed by atoms with Crippen molar-refractivity contribution in [2.75, 3.05) is 18.9 Å². The van der Waals surface area contributed by atoms with Crippen molar-refractivity contribution in [3.63, 3.8) is 0 Å². The third kappa shape index (κ3) is 5.93. The van der Waals surface area contributed by atoms with Gasteiger partial charge in [0.05, 0.1) is 18.5 Å². The molecule has 1 amide bonds. The van der Waals surface area contributed by atoms with Crippen LogP contribution in [0.1, 0.15) is 13.8 Å². The summed E-state index contributed by atoms with van der Waals surface area (Å²) in [5.41, 5.74) is 0. The van der Waals surface area contributed by atoms with E-state index in [0.717, 1.165) is 10.6 Å². The fourth-order valence-electron chi connectivity index (χ4n) is 1.26. The Labute approximate surface area is 112 Å². The van der Waals surface area contributed by atoms with Gasteiger partial charge < -0.3 is 15.2 Å². The maximum atomic E-state index is 11.4. The van der Waals surface area contributed by atoms with E-state index in [-0.39, 0.29) is 5.91 Å². The summed E-state index contributed by atoms with van der Waals surface area (Å²) in [4.78, 5) is 12.4. The minimum Gasteiger partial charge on any atom is -0.494 e. The number of nitrogens with one attached hydrogen (secondary N) is 1. The van der Waals surface area contributed by atoms with Crippen LogP contribution >= 0.6 is 11.8 Å². The summed E-state index contributed by atoms with van der Waals surface area (Å²) in [7, 11) is 0. The molecule has 0 spiro atoms. The van der Waals surface area contributed by atoms with Crippen molar-refractivity contribution in [3.8, 4) is 5.75 Å². The number of amides is 1. The van der Waals surface area contributed by atoms with Gasteiger partial charge in [-0.15, -0.1) is 11.8 Å². The molecule has 0 unspecified atom stereocenters. The third-order valence-corrected chi connectivity index (χ3v) is 3.11. The van der Waals surface area contributed by atoms with Crippen LogP contribution in [0.4, 0.5) is 0 Å². The molecule has 5 heteroatoms. The highest BCUT2D eigenvalue weighted by Crippen LogP contribution is 2.21. The van der Waals surface area contributed by atoms with Crippen LogP contribution in [0.15, 0.2) is 29.2 Å². The molecule has 0 radical (unpaired) electrons. The van der Waals surface area contributed by atoms with Crippen molar-refractivity contribution >= 4 is 17.7 Å². The summed E-state index contributed by atoms with van der Waals surface area (Å²) >= 11 is 1.46. The highest BCUT2D eigenvalue weighted by Gasteiger charge is 2.04. The van der Waals surface area contributed by atoms with Gasteiger partial charge in [0.1, 0.15) is 5.75 Å². The van der Waals surface area contributed by atoms with Crippen molar-refractivity contribution in [2.24, 2.45) is 0 Å². The first-order chi connectivity index (χ1) is 8.61. The van der Waals surface area contributed by atoms with Crippen molar-refractivity contribution in [1.82, 2.24) is 5.32 Å². The first-order valence-electron chi connectivity index (χ1n) is 5.92. The molecule has 18 heavy (non-hydrogen) atoms. The SMILES string of the molecule is CCOc1ccc(SCC(=O)NC[C@@H](C)O)cc1. The highest BCUT2D eigenvalue weighted by atomic mass is 32.2. The quantitative estimate of drug-likeness (QED) is 0.739. The summed E-state index contributed by atoms with van der Waals surface area (Å²) in [5, 5.41) is 11.7. The van der Waals surface area contributed by atoms with Crippen LogP contribution in [0.2, 0.25) is 0 Å². The van der Waals surface area contributed by atoms with Gasteiger partial charge in [0.2, 0.25) is 5.91 Å². The number of carbonyl (C=O) groups excluding carboxylic acids is 1. The summed E-state index contributed by atoms with van der Waals surface area (Å²) in [5.74, 6) is 1.11. The van der Waals surface area contributed by atoms with E-state index < -0.39 is 6.10 Å². The smallest absolute Gasteiger partial charge is 0.230 e. The fraction of sp³-hybridized carbons (Fsp3) is 0.462. The molecular formula is C13H19NO3S. The Hall–Kier alpha value is -1.20. The third-order valence-electron chi connectivity index (χ3n) is 2.10. The Morgan fingerprint density at radius 1 is 1.44 bits per heavy atom. The monoisotopic (exact) mass is 269 g/mol. The number of aliphatic hydroxyl groups excluding tert-OH is 1. The van der Waals surface area contributed by atoms with Gasteiger partial charge in [-0.05, 0) is 38.1 Å². The van der Waals surface area contributed by atoms with Gasteiger partial charge in [0.25, 0.3) is 0 Å². The van der Waals surface area contributed by atoms with E-state index in [1.165, 1.54) is 11.8 Å². The molecule has 0 heterocycles. The molecule has 0 fully saturated rings. The van der Waals surface area contributed by atoms with E-state index in [2.05, 4.69) is 5.32 Å². The summed E-state index contributed by atoms with van der Waals surface area (Å²) < 4.78 is 5.34. The minimum absolute atomic E-state index is 0.0743.